The third kappa shape index (κ3) is 2.63. The molecule has 1 N–H and O–H groups in total. The average molecular weight is 355 g/mol. The molecule has 4 rings (SSSR count). The van der Waals surface area contributed by atoms with E-state index in [4.69, 9.17) is 14.2 Å². The lowest BCUT2D eigenvalue weighted by Crippen LogP contribution is -2.39. The van der Waals surface area contributed by atoms with Gasteiger partial charge in [-0.25, -0.2) is 0 Å². The number of benzene rings is 2. The summed E-state index contributed by atoms with van der Waals surface area (Å²) < 4.78 is 16.6. The molecule has 0 fully saturated rings. The monoisotopic (exact) mass is 355 g/mol. The molecule has 0 amide bonds. The summed E-state index contributed by atoms with van der Waals surface area (Å²) in [4.78, 5) is 2.50. The van der Waals surface area contributed by atoms with Crippen LogP contribution in [0.2, 0.25) is 0 Å². The predicted molar refractivity (Wildman–Crippen MR) is 99.0 cm³/mol. The lowest BCUT2D eigenvalue weighted by Gasteiger charge is -2.42. The van der Waals surface area contributed by atoms with Crippen molar-refractivity contribution in [2.24, 2.45) is 0 Å². The molecule has 0 radical (unpaired) electrons. The Morgan fingerprint density at radius 3 is 2.50 bits per heavy atom. The van der Waals surface area contributed by atoms with E-state index in [1.807, 2.05) is 6.07 Å². The van der Waals surface area contributed by atoms with Gasteiger partial charge in [0.05, 0.1) is 27.9 Å². The first kappa shape index (κ1) is 17.2. The molecule has 26 heavy (non-hydrogen) atoms. The molecular weight excluding hydrogens is 330 g/mol. The van der Waals surface area contributed by atoms with Crippen LogP contribution in [0.4, 0.5) is 0 Å². The van der Waals surface area contributed by atoms with Crippen molar-refractivity contribution >= 4 is 0 Å². The number of fused-ring (bicyclic) bond motifs is 4. The van der Waals surface area contributed by atoms with Gasteiger partial charge in [0.25, 0.3) is 0 Å². The first-order valence-corrected chi connectivity index (χ1v) is 8.97. The zero-order valence-electron chi connectivity index (χ0n) is 15.5. The molecule has 5 nitrogen and oxygen atoms in total. The van der Waals surface area contributed by atoms with Crippen molar-refractivity contribution in [2.75, 3.05) is 27.9 Å². The molecular formula is C21H25NO4. The highest BCUT2D eigenvalue weighted by Crippen LogP contribution is 2.44. The van der Waals surface area contributed by atoms with Gasteiger partial charge in [0.15, 0.2) is 11.5 Å². The van der Waals surface area contributed by atoms with Crippen LogP contribution < -0.4 is 14.2 Å². The van der Waals surface area contributed by atoms with Crippen LogP contribution in [0, 0.1) is 0 Å². The zero-order chi connectivity index (χ0) is 18.3. The fraction of sp³-hybridized carbons (Fsp3) is 0.429. The summed E-state index contributed by atoms with van der Waals surface area (Å²) in [6.07, 6.45) is 1.92. The summed E-state index contributed by atoms with van der Waals surface area (Å²) in [6.45, 7) is 1.84. The van der Waals surface area contributed by atoms with E-state index in [0.717, 1.165) is 48.7 Å². The SMILES string of the molecule is COc1cc2c(cc1OC)[C@@H]1Cc3ccc(CO)c(OC)c3CN1CC2. The largest absolute Gasteiger partial charge is 0.496 e. The second kappa shape index (κ2) is 6.82. The van der Waals surface area contributed by atoms with Crippen LogP contribution in [-0.4, -0.2) is 37.9 Å². The molecule has 0 spiro atoms. The number of methoxy groups -OCH3 is 3. The van der Waals surface area contributed by atoms with Gasteiger partial charge >= 0.3 is 0 Å². The summed E-state index contributed by atoms with van der Waals surface area (Å²) in [6, 6.07) is 8.70. The van der Waals surface area contributed by atoms with Crippen LogP contribution in [0.3, 0.4) is 0 Å². The molecule has 0 bridgehead atoms. The van der Waals surface area contributed by atoms with Gasteiger partial charge in [-0.1, -0.05) is 12.1 Å². The van der Waals surface area contributed by atoms with Gasteiger partial charge in [0, 0.05) is 30.3 Å². The second-order valence-electron chi connectivity index (χ2n) is 6.90. The quantitative estimate of drug-likeness (QED) is 0.914. The maximum absolute atomic E-state index is 9.60. The van der Waals surface area contributed by atoms with Gasteiger partial charge in [-0.2, -0.15) is 0 Å². The minimum Gasteiger partial charge on any atom is -0.496 e. The van der Waals surface area contributed by atoms with Crippen LogP contribution in [0.1, 0.15) is 33.9 Å². The molecule has 0 saturated heterocycles. The second-order valence-corrected chi connectivity index (χ2v) is 6.90. The number of ether oxygens (including phenoxy) is 3. The van der Waals surface area contributed by atoms with Gasteiger partial charge in [0.1, 0.15) is 5.75 Å². The minimum absolute atomic E-state index is 0.000289. The number of aliphatic hydroxyl groups is 1. The fourth-order valence-electron chi connectivity index (χ4n) is 4.38. The molecule has 2 aliphatic rings. The van der Waals surface area contributed by atoms with E-state index in [1.54, 1.807) is 21.3 Å². The number of hydrogen-bond acceptors (Lipinski definition) is 5. The first-order valence-electron chi connectivity index (χ1n) is 8.97. The number of hydrogen-bond donors (Lipinski definition) is 1. The summed E-state index contributed by atoms with van der Waals surface area (Å²) in [5.41, 5.74) is 6.02. The molecule has 0 saturated carbocycles. The van der Waals surface area contributed by atoms with Crippen molar-refractivity contribution in [3.8, 4) is 17.2 Å². The highest BCUT2D eigenvalue weighted by atomic mass is 16.5. The van der Waals surface area contributed by atoms with E-state index >= 15 is 0 Å². The lowest BCUT2D eigenvalue weighted by atomic mass is 9.83. The maximum Gasteiger partial charge on any atom is 0.161 e. The Balaban J connectivity index is 1.76. The third-order valence-electron chi connectivity index (χ3n) is 5.70. The van der Waals surface area contributed by atoms with Gasteiger partial charge in [-0.05, 0) is 41.7 Å². The first-order chi connectivity index (χ1) is 12.7. The summed E-state index contributed by atoms with van der Waals surface area (Å²) in [5, 5.41) is 9.60. The summed E-state index contributed by atoms with van der Waals surface area (Å²) in [7, 11) is 5.05. The average Bonchev–Trinajstić information content (AvgIpc) is 2.70. The van der Waals surface area contributed by atoms with Gasteiger partial charge in [0.2, 0.25) is 0 Å². The van der Waals surface area contributed by atoms with E-state index < -0.39 is 0 Å². The van der Waals surface area contributed by atoms with E-state index in [1.165, 1.54) is 22.3 Å². The Bertz CT molecular complexity index is 833. The molecule has 2 heterocycles. The molecule has 0 aromatic heterocycles. The van der Waals surface area contributed by atoms with E-state index in [2.05, 4.69) is 23.1 Å². The molecule has 2 aromatic rings. The molecule has 2 aliphatic heterocycles. The number of nitrogens with zero attached hydrogens (tertiary/aromatic N) is 1. The summed E-state index contributed by atoms with van der Waals surface area (Å²) >= 11 is 0. The van der Waals surface area contributed by atoms with Crippen molar-refractivity contribution in [3.63, 3.8) is 0 Å². The van der Waals surface area contributed by atoms with Gasteiger partial charge in [-0.15, -0.1) is 0 Å². The Labute approximate surface area is 154 Å². The normalized spacial score (nSPS) is 18.5. The molecule has 1 atom stereocenters. The Hall–Kier alpha value is -2.24. The highest BCUT2D eigenvalue weighted by molar-refractivity contribution is 5.52. The standard InChI is InChI=1S/C21H25NO4/c1-24-19-9-14-6-7-22-11-17-13(4-5-15(12-23)21(17)26-3)8-18(22)16(14)10-20(19)25-2/h4-5,9-10,18,23H,6-8,11-12H2,1-3H3/t18-/m0/s1. The van der Waals surface area contributed by atoms with Gasteiger partial charge in [-0.3, -0.25) is 4.90 Å². The summed E-state index contributed by atoms with van der Waals surface area (Å²) in [5.74, 6) is 2.42. The van der Waals surface area contributed by atoms with Crippen molar-refractivity contribution in [2.45, 2.75) is 32.0 Å². The number of aliphatic hydroxyl groups excluding tert-OH is 1. The van der Waals surface area contributed by atoms with Crippen LogP contribution >= 0.6 is 0 Å². The van der Waals surface area contributed by atoms with Crippen molar-refractivity contribution in [1.82, 2.24) is 4.90 Å². The molecule has 5 heteroatoms. The topological polar surface area (TPSA) is 51.2 Å². The lowest BCUT2D eigenvalue weighted by molar-refractivity contribution is 0.157. The van der Waals surface area contributed by atoms with Crippen LogP contribution in [0.25, 0.3) is 0 Å². The molecule has 138 valence electrons. The Morgan fingerprint density at radius 1 is 1.04 bits per heavy atom. The van der Waals surface area contributed by atoms with E-state index in [9.17, 15) is 5.11 Å². The maximum atomic E-state index is 9.60. The Kier molecular flexibility index (Phi) is 4.51. The minimum atomic E-state index is -0.000289. The molecule has 2 aromatic carbocycles. The third-order valence-corrected chi connectivity index (χ3v) is 5.70. The highest BCUT2D eigenvalue weighted by Gasteiger charge is 2.34. The van der Waals surface area contributed by atoms with Crippen LogP contribution in [0.15, 0.2) is 24.3 Å². The van der Waals surface area contributed by atoms with Crippen molar-refractivity contribution < 1.29 is 19.3 Å². The van der Waals surface area contributed by atoms with Crippen LogP contribution in [0.5, 0.6) is 17.2 Å². The van der Waals surface area contributed by atoms with Crippen molar-refractivity contribution in [3.05, 3.63) is 52.1 Å². The van der Waals surface area contributed by atoms with Gasteiger partial charge < -0.3 is 19.3 Å². The Morgan fingerprint density at radius 2 is 1.81 bits per heavy atom. The van der Waals surface area contributed by atoms with E-state index in [-0.39, 0.29) is 6.61 Å². The molecule has 0 unspecified atom stereocenters. The van der Waals surface area contributed by atoms with Crippen LogP contribution in [-0.2, 0) is 26.0 Å². The number of rotatable bonds is 4. The fourth-order valence-corrected chi connectivity index (χ4v) is 4.38. The van der Waals surface area contributed by atoms with E-state index in [0.29, 0.717) is 6.04 Å². The van der Waals surface area contributed by atoms with Crippen molar-refractivity contribution in [1.29, 1.82) is 0 Å². The molecule has 0 aliphatic carbocycles. The smallest absolute Gasteiger partial charge is 0.161 e. The zero-order valence-corrected chi connectivity index (χ0v) is 15.5. The predicted octanol–water partition coefficient (Wildman–Crippen LogP) is 2.86.